The van der Waals surface area contributed by atoms with E-state index in [-0.39, 0.29) is 30.2 Å². The minimum absolute atomic E-state index is 0. The Morgan fingerprint density at radius 2 is 2.00 bits per heavy atom. The molecule has 0 unspecified atom stereocenters. The molecule has 0 aliphatic rings. The van der Waals surface area contributed by atoms with Crippen LogP contribution in [-0.4, -0.2) is 20.5 Å². The van der Waals surface area contributed by atoms with Gasteiger partial charge in [0.15, 0.2) is 0 Å². The molecule has 0 radical (unpaired) electrons. The summed E-state index contributed by atoms with van der Waals surface area (Å²) in [7, 11) is 0. The van der Waals surface area contributed by atoms with Gasteiger partial charge in [-0.3, -0.25) is 4.79 Å². The van der Waals surface area contributed by atoms with E-state index in [4.69, 9.17) is 5.11 Å². The van der Waals surface area contributed by atoms with Gasteiger partial charge in [0.05, 0.1) is 17.7 Å². The molecule has 0 aliphatic carbocycles. The van der Waals surface area contributed by atoms with Gasteiger partial charge < -0.3 is 9.51 Å². The topological polar surface area (TPSA) is 54.6 Å². The van der Waals surface area contributed by atoms with Crippen LogP contribution >= 0.6 is 12.4 Å². The second kappa shape index (κ2) is 4.85. The van der Waals surface area contributed by atoms with Crippen LogP contribution in [0.1, 0.15) is 11.3 Å². The predicted octanol–water partition coefficient (Wildman–Crippen LogP) is 2.40. The highest BCUT2D eigenvalue weighted by Gasteiger charge is 2.30. The first-order valence-corrected chi connectivity index (χ1v) is 4.63. The summed E-state index contributed by atoms with van der Waals surface area (Å²) in [5.41, 5.74) is -0.296. The summed E-state index contributed by atoms with van der Waals surface area (Å²) in [5.74, 6) is -1.08. The third-order valence-electron chi connectivity index (χ3n) is 2.16. The number of aromatic nitrogens is 2. The molecule has 2 aromatic heterocycles. The number of hydrogen-bond acceptors (Lipinski definition) is 2. The van der Waals surface area contributed by atoms with Crippen LogP contribution in [0.2, 0.25) is 0 Å². The molecule has 0 aromatic carbocycles. The molecular formula is C10H8ClF3N2O2. The van der Waals surface area contributed by atoms with E-state index in [0.29, 0.717) is 0 Å². The number of aliphatic carboxylic acids is 1. The van der Waals surface area contributed by atoms with E-state index in [1.165, 1.54) is 16.7 Å². The van der Waals surface area contributed by atoms with Crippen LogP contribution in [0.15, 0.2) is 24.5 Å². The predicted molar refractivity (Wildman–Crippen MR) is 58.8 cm³/mol. The van der Waals surface area contributed by atoms with E-state index in [2.05, 4.69) is 4.98 Å². The SMILES string of the molecule is Cl.O=C(O)Cc1cn2cc(C(F)(F)F)ccc2n1. The summed E-state index contributed by atoms with van der Waals surface area (Å²) in [4.78, 5) is 14.3. The third kappa shape index (κ3) is 2.92. The molecule has 0 fully saturated rings. The molecule has 0 aliphatic heterocycles. The van der Waals surface area contributed by atoms with Gasteiger partial charge in [0.25, 0.3) is 0 Å². The summed E-state index contributed by atoms with van der Waals surface area (Å²) in [6, 6.07) is 2.11. The maximum atomic E-state index is 12.4. The maximum absolute atomic E-state index is 12.4. The van der Waals surface area contributed by atoms with Gasteiger partial charge in [-0.05, 0) is 12.1 Å². The highest BCUT2D eigenvalue weighted by molar-refractivity contribution is 5.85. The maximum Gasteiger partial charge on any atom is 0.417 e. The molecule has 2 aromatic rings. The molecule has 8 heteroatoms. The lowest BCUT2D eigenvalue weighted by Gasteiger charge is -2.05. The van der Waals surface area contributed by atoms with Gasteiger partial charge in [0, 0.05) is 12.4 Å². The average Bonchev–Trinajstić information content (AvgIpc) is 2.55. The van der Waals surface area contributed by atoms with Crippen molar-refractivity contribution in [2.24, 2.45) is 0 Å². The second-order valence-corrected chi connectivity index (χ2v) is 3.48. The monoisotopic (exact) mass is 280 g/mol. The van der Waals surface area contributed by atoms with Gasteiger partial charge in [0.2, 0.25) is 0 Å². The first-order valence-electron chi connectivity index (χ1n) is 4.63. The number of carbonyl (C=O) groups is 1. The number of hydrogen-bond donors (Lipinski definition) is 1. The smallest absolute Gasteiger partial charge is 0.417 e. The van der Waals surface area contributed by atoms with Crippen molar-refractivity contribution in [3.63, 3.8) is 0 Å². The van der Waals surface area contributed by atoms with E-state index in [1.54, 1.807) is 0 Å². The van der Waals surface area contributed by atoms with E-state index in [9.17, 15) is 18.0 Å². The van der Waals surface area contributed by atoms with Crippen molar-refractivity contribution < 1.29 is 23.1 Å². The lowest BCUT2D eigenvalue weighted by Crippen LogP contribution is -2.05. The largest absolute Gasteiger partial charge is 0.481 e. The Morgan fingerprint density at radius 1 is 1.33 bits per heavy atom. The van der Waals surface area contributed by atoms with Crippen molar-refractivity contribution in [2.45, 2.75) is 12.6 Å². The van der Waals surface area contributed by atoms with Crippen molar-refractivity contribution in [3.05, 3.63) is 35.8 Å². The number of rotatable bonds is 2. The fourth-order valence-electron chi connectivity index (χ4n) is 1.45. The van der Waals surface area contributed by atoms with Crippen LogP contribution in [0, 0.1) is 0 Å². The molecule has 0 bridgehead atoms. The van der Waals surface area contributed by atoms with Gasteiger partial charge >= 0.3 is 12.1 Å². The number of carboxylic acid groups (broad SMARTS) is 1. The van der Waals surface area contributed by atoms with Crippen molar-refractivity contribution in [2.75, 3.05) is 0 Å². The lowest BCUT2D eigenvalue weighted by atomic mass is 10.3. The van der Waals surface area contributed by atoms with Crippen LogP contribution in [0.3, 0.4) is 0 Å². The van der Waals surface area contributed by atoms with Crippen molar-refractivity contribution in [1.82, 2.24) is 9.38 Å². The number of halogens is 4. The van der Waals surface area contributed by atoms with E-state index < -0.39 is 17.7 Å². The van der Waals surface area contributed by atoms with Crippen LogP contribution in [0.5, 0.6) is 0 Å². The fourth-order valence-corrected chi connectivity index (χ4v) is 1.45. The highest BCUT2D eigenvalue weighted by Crippen LogP contribution is 2.29. The lowest BCUT2D eigenvalue weighted by molar-refractivity contribution is -0.138. The number of carboxylic acids is 1. The quantitative estimate of drug-likeness (QED) is 0.919. The van der Waals surface area contributed by atoms with Crippen LogP contribution in [-0.2, 0) is 17.4 Å². The Labute approximate surface area is 105 Å². The van der Waals surface area contributed by atoms with Crippen LogP contribution in [0.4, 0.5) is 13.2 Å². The fraction of sp³-hybridized carbons (Fsp3) is 0.200. The normalized spacial score (nSPS) is 11.3. The number of imidazole rings is 1. The summed E-state index contributed by atoms with van der Waals surface area (Å²) >= 11 is 0. The summed E-state index contributed by atoms with van der Waals surface area (Å²) in [6.07, 6.45) is -2.58. The molecule has 4 nitrogen and oxygen atoms in total. The zero-order chi connectivity index (χ0) is 12.6. The molecule has 0 saturated carbocycles. The van der Waals surface area contributed by atoms with Crippen molar-refractivity contribution >= 4 is 24.0 Å². The second-order valence-electron chi connectivity index (χ2n) is 3.48. The molecule has 0 saturated heterocycles. The Bertz CT molecular complexity index is 580. The van der Waals surface area contributed by atoms with Gasteiger partial charge in [-0.1, -0.05) is 0 Å². The van der Waals surface area contributed by atoms with Gasteiger partial charge in [0.1, 0.15) is 5.65 Å². The summed E-state index contributed by atoms with van der Waals surface area (Å²) in [6.45, 7) is 0. The van der Waals surface area contributed by atoms with Crippen LogP contribution < -0.4 is 0 Å². The standard InChI is InChI=1S/C10H7F3N2O2.ClH/c11-10(12,13)6-1-2-8-14-7(3-9(16)17)5-15(8)4-6;/h1-2,4-5H,3H2,(H,16,17);1H. The molecule has 0 spiro atoms. The molecule has 0 atom stereocenters. The zero-order valence-corrected chi connectivity index (χ0v) is 9.63. The minimum Gasteiger partial charge on any atom is -0.481 e. The molecule has 1 N–H and O–H groups in total. The molecule has 0 amide bonds. The van der Waals surface area contributed by atoms with E-state index in [1.807, 2.05) is 0 Å². The van der Waals surface area contributed by atoms with Gasteiger partial charge in [-0.15, -0.1) is 12.4 Å². The van der Waals surface area contributed by atoms with Gasteiger partial charge in [-0.2, -0.15) is 13.2 Å². The Kier molecular flexibility index (Phi) is 3.85. The van der Waals surface area contributed by atoms with Crippen LogP contribution in [0.25, 0.3) is 5.65 Å². The molecule has 18 heavy (non-hydrogen) atoms. The Balaban J connectivity index is 0.00000162. The summed E-state index contributed by atoms with van der Waals surface area (Å²) < 4.78 is 38.4. The zero-order valence-electron chi connectivity index (χ0n) is 8.81. The van der Waals surface area contributed by atoms with Crippen molar-refractivity contribution in [3.8, 4) is 0 Å². The molecule has 2 heterocycles. The third-order valence-corrected chi connectivity index (χ3v) is 2.16. The first-order chi connectivity index (χ1) is 7.86. The molecule has 2 rings (SSSR count). The minimum atomic E-state index is -4.43. The molecular weight excluding hydrogens is 273 g/mol. The number of nitrogens with zero attached hydrogens (tertiary/aromatic N) is 2. The van der Waals surface area contributed by atoms with Gasteiger partial charge in [-0.25, -0.2) is 4.98 Å². The van der Waals surface area contributed by atoms with E-state index in [0.717, 1.165) is 12.3 Å². The summed E-state index contributed by atoms with van der Waals surface area (Å²) in [5, 5.41) is 8.55. The molecule has 98 valence electrons. The van der Waals surface area contributed by atoms with Crippen molar-refractivity contribution in [1.29, 1.82) is 0 Å². The Hall–Kier alpha value is -1.76. The first kappa shape index (κ1) is 14.3. The Morgan fingerprint density at radius 3 is 2.56 bits per heavy atom. The highest BCUT2D eigenvalue weighted by atomic mass is 35.5. The average molecular weight is 281 g/mol. The number of alkyl halides is 3. The number of pyridine rings is 1. The number of fused-ring (bicyclic) bond motifs is 1. The van der Waals surface area contributed by atoms with E-state index >= 15 is 0 Å².